The number of carbonyl (C=O) groups is 2. The second-order valence-electron chi connectivity index (χ2n) is 4.47. The zero-order chi connectivity index (χ0) is 12.1. The Morgan fingerprint density at radius 3 is 2.62 bits per heavy atom. The van der Waals surface area contributed by atoms with Crippen LogP contribution in [0.4, 0.5) is 0 Å². The number of carboxylic acid groups (broad SMARTS) is 1. The lowest BCUT2D eigenvalue weighted by Gasteiger charge is -2.18. The number of carbonyl (C=O) groups excluding carboxylic acids is 1. The Labute approximate surface area is 95.2 Å². The first-order valence-electron chi connectivity index (χ1n) is 5.64. The van der Waals surface area contributed by atoms with E-state index in [-0.39, 0.29) is 24.3 Å². The van der Waals surface area contributed by atoms with E-state index >= 15 is 0 Å². The predicted octanol–water partition coefficient (Wildman–Crippen LogP) is 0.781. The van der Waals surface area contributed by atoms with E-state index in [2.05, 4.69) is 5.32 Å². The van der Waals surface area contributed by atoms with Gasteiger partial charge in [-0.2, -0.15) is 0 Å². The summed E-state index contributed by atoms with van der Waals surface area (Å²) >= 11 is 0. The van der Waals surface area contributed by atoms with E-state index in [1.54, 1.807) is 13.8 Å². The lowest BCUT2D eigenvalue weighted by atomic mass is 10.0. The van der Waals surface area contributed by atoms with E-state index in [1.165, 1.54) is 0 Å². The molecular formula is C11H19NO4. The summed E-state index contributed by atoms with van der Waals surface area (Å²) in [5, 5.41) is 11.4. The smallest absolute Gasteiger partial charge is 0.326 e. The number of nitrogens with one attached hydrogen (secondary N) is 1. The fourth-order valence-electron chi connectivity index (χ4n) is 1.76. The highest BCUT2D eigenvalue weighted by Gasteiger charge is 2.25. The molecule has 1 saturated heterocycles. The Morgan fingerprint density at radius 1 is 1.50 bits per heavy atom. The van der Waals surface area contributed by atoms with Crippen molar-refractivity contribution in [2.75, 3.05) is 6.61 Å². The number of rotatable bonds is 5. The van der Waals surface area contributed by atoms with E-state index < -0.39 is 12.0 Å². The average Bonchev–Trinajstić information content (AvgIpc) is 2.65. The molecule has 0 aromatic rings. The lowest BCUT2D eigenvalue weighted by molar-refractivity contribution is -0.143. The molecule has 5 nitrogen and oxygen atoms in total. The first-order chi connectivity index (χ1) is 7.50. The molecule has 0 bridgehead atoms. The summed E-state index contributed by atoms with van der Waals surface area (Å²) < 4.78 is 5.32. The zero-order valence-electron chi connectivity index (χ0n) is 9.73. The fourth-order valence-corrected chi connectivity index (χ4v) is 1.76. The van der Waals surface area contributed by atoms with Gasteiger partial charge in [-0.15, -0.1) is 0 Å². The first kappa shape index (κ1) is 13.0. The first-order valence-corrected chi connectivity index (χ1v) is 5.64. The molecule has 1 fully saturated rings. The number of carboxylic acids is 1. The van der Waals surface area contributed by atoms with Crippen molar-refractivity contribution in [1.29, 1.82) is 0 Å². The summed E-state index contributed by atoms with van der Waals surface area (Å²) in [4.78, 5) is 22.4. The molecule has 5 heteroatoms. The van der Waals surface area contributed by atoms with Crippen LogP contribution in [0.2, 0.25) is 0 Å². The molecule has 1 heterocycles. The van der Waals surface area contributed by atoms with Gasteiger partial charge in [-0.1, -0.05) is 13.8 Å². The topological polar surface area (TPSA) is 75.6 Å². The van der Waals surface area contributed by atoms with Crippen molar-refractivity contribution in [1.82, 2.24) is 5.32 Å². The van der Waals surface area contributed by atoms with Crippen LogP contribution in [0.15, 0.2) is 0 Å². The van der Waals surface area contributed by atoms with E-state index in [0.717, 1.165) is 12.8 Å². The van der Waals surface area contributed by atoms with Gasteiger partial charge >= 0.3 is 5.97 Å². The molecule has 0 saturated carbocycles. The summed E-state index contributed by atoms with van der Waals surface area (Å²) in [5.41, 5.74) is 0. The molecule has 1 amide bonds. The SMILES string of the molecule is CC(C)[C@H](NC(=O)CC1CCCO1)C(=O)O. The largest absolute Gasteiger partial charge is 0.480 e. The van der Waals surface area contributed by atoms with Crippen molar-refractivity contribution in [3.8, 4) is 0 Å². The third kappa shape index (κ3) is 3.81. The van der Waals surface area contributed by atoms with Crippen LogP contribution < -0.4 is 5.32 Å². The van der Waals surface area contributed by atoms with Gasteiger partial charge in [0.25, 0.3) is 0 Å². The van der Waals surface area contributed by atoms with Crippen molar-refractivity contribution in [3.05, 3.63) is 0 Å². The Bertz CT molecular complexity index is 259. The van der Waals surface area contributed by atoms with Crippen molar-refractivity contribution in [2.24, 2.45) is 5.92 Å². The highest BCUT2D eigenvalue weighted by molar-refractivity contribution is 5.83. The Kier molecular flexibility index (Phi) is 4.73. The zero-order valence-corrected chi connectivity index (χ0v) is 9.73. The van der Waals surface area contributed by atoms with Gasteiger partial charge in [-0.25, -0.2) is 4.79 Å². The summed E-state index contributed by atoms with van der Waals surface area (Å²) in [7, 11) is 0. The number of hydrogen-bond acceptors (Lipinski definition) is 3. The minimum Gasteiger partial charge on any atom is -0.480 e. The van der Waals surface area contributed by atoms with Crippen molar-refractivity contribution < 1.29 is 19.4 Å². The van der Waals surface area contributed by atoms with Gasteiger partial charge in [0, 0.05) is 6.61 Å². The van der Waals surface area contributed by atoms with Crippen LogP contribution in [-0.2, 0) is 14.3 Å². The highest BCUT2D eigenvalue weighted by atomic mass is 16.5. The summed E-state index contributed by atoms with van der Waals surface area (Å²) in [6.07, 6.45) is 2.08. The number of amides is 1. The van der Waals surface area contributed by atoms with Crippen LogP contribution in [0.5, 0.6) is 0 Å². The monoisotopic (exact) mass is 229 g/mol. The maximum absolute atomic E-state index is 11.6. The minimum absolute atomic E-state index is 0.0402. The standard InChI is InChI=1S/C11H19NO4/c1-7(2)10(11(14)15)12-9(13)6-8-4-3-5-16-8/h7-8,10H,3-6H2,1-2H3,(H,12,13)(H,14,15)/t8?,10-/m0/s1. The van der Waals surface area contributed by atoms with Crippen LogP contribution >= 0.6 is 0 Å². The van der Waals surface area contributed by atoms with E-state index in [1.807, 2.05) is 0 Å². The lowest BCUT2D eigenvalue weighted by Crippen LogP contribution is -2.45. The van der Waals surface area contributed by atoms with Crippen molar-refractivity contribution >= 4 is 11.9 Å². The molecule has 92 valence electrons. The molecule has 1 aliphatic rings. The fraction of sp³-hybridized carbons (Fsp3) is 0.818. The van der Waals surface area contributed by atoms with Crippen LogP contribution in [0.3, 0.4) is 0 Å². The molecule has 0 aliphatic carbocycles. The molecule has 0 aromatic carbocycles. The third-order valence-electron chi connectivity index (χ3n) is 2.69. The van der Waals surface area contributed by atoms with Gasteiger partial charge in [0.15, 0.2) is 0 Å². The van der Waals surface area contributed by atoms with Gasteiger partial charge in [-0.3, -0.25) is 4.79 Å². The van der Waals surface area contributed by atoms with Crippen LogP contribution in [0, 0.1) is 5.92 Å². The second-order valence-corrected chi connectivity index (χ2v) is 4.47. The molecule has 1 aliphatic heterocycles. The molecule has 1 unspecified atom stereocenters. The molecule has 1 rings (SSSR count). The molecule has 0 spiro atoms. The molecule has 0 aromatic heterocycles. The van der Waals surface area contributed by atoms with Crippen molar-refractivity contribution in [2.45, 2.75) is 45.3 Å². The maximum atomic E-state index is 11.6. The van der Waals surface area contributed by atoms with Crippen LogP contribution in [0.1, 0.15) is 33.1 Å². The van der Waals surface area contributed by atoms with Gasteiger partial charge in [0.2, 0.25) is 5.91 Å². The van der Waals surface area contributed by atoms with Gasteiger partial charge in [0.1, 0.15) is 6.04 Å². The third-order valence-corrected chi connectivity index (χ3v) is 2.69. The summed E-state index contributed by atoms with van der Waals surface area (Å²) in [5.74, 6) is -1.35. The van der Waals surface area contributed by atoms with Gasteiger partial charge in [0.05, 0.1) is 12.5 Å². The normalized spacial score (nSPS) is 22.1. The van der Waals surface area contributed by atoms with Crippen LogP contribution in [0.25, 0.3) is 0 Å². The van der Waals surface area contributed by atoms with Gasteiger partial charge in [-0.05, 0) is 18.8 Å². The number of hydrogen-bond donors (Lipinski definition) is 2. The molecule has 2 atom stereocenters. The predicted molar refractivity (Wildman–Crippen MR) is 58.0 cm³/mol. The number of ether oxygens (including phenoxy) is 1. The van der Waals surface area contributed by atoms with E-state index in [0.29, 0.717) is 6.61 Å². The summed E-state index contributed by atoms with van der Waals surface area (Å²) in [6, 6.07) is -0.811. The maximum Gasteiger partial charge on any atom is 0.326 e. The Hall–Kier alpha value is -1.10. The molecular weight excluding hydrogens is 210 g/mol. The molecule has 2 N–H and O–H groups in total. The van der Waals surface area contributed by atoms with E-state index in [9.17, 15) is 9.59 Å². The second kappa shape index (κ2) is 5.84. The Balaban J connectivity index is 2.38. The summed E-state index contributed by atoms with van der Waals surface area (Å²) in [6.45, 7) is 4.24. The van der Waals surface area contributed by atoms with Crippen LogP contribution in [-0.4, -0.2) is 35.7 Å². The average molecular weight is 229 g/mol. The van der Waals surface area contributed by atoms with E-state index in [4.69, 9.17) is 9.84 Å². The highest BCUT2D eigenvalue weighted by Crippen LogP contribution is 2.15. The minimum atomic E-state index is -0.990. The molecule has 0 radical (unpaired) electrons. The Morgan fingerprint density at radius 2 is 2.19 bits per heavy atom. The quantitative estimate of drug-likeness (QED) is 0.730. The number of aliphatic carboxylic acids is 1. The molecule has 16 heavy (non-hydrogen) atoms. The van der Waals surface area contributed by atoms with Crippen molar-refractivity contribution in [3.63, 3.8) is 0 Å². The van der Waals surface area contributed by atoms with Gasteiger partial charge < -0.3 is 15.2 Å².